The second-order valence-electron chi connectivity index (χ2n) is 9.53. The first-order valence-electron chi connectivity index (χ1n) is 11.7. The molecule has 7 nitrogen and oxygen atoms in total. The number of ether oxygens (including phenoxy) is 2. The number of nitrogens with zero attached hydrogens (tertiary/aromatic N) is 3. The lowest BCUT2D eigenvalue weighted by Crippen LogP contribution is -2.52. The molecule has 1 spiro atoms. The summed E-state index contributed by atoms with van der Waals surface area (Å²) in [6.45, 7) is 7.32. The van der Waals surface area contributed by atoms with Crippen molar-refractivity contribution >= 4 is 17.7 Å². The summed E-state index contributed by atoms with van der Waals surface area (Å²) in [6.07, 6.45) is 4.71. The minimum absolute atomic E-state index is 0.0765. The number of piperidine rings is 2. The van der Waals surface area contributed by atoms with Crippen molar-refractivity contribution in [1.82, 2.24) is 9.80 Å². The Hall–Kier alpha value is -2.12. The smallest absolute Gasteiger partial charge is 0.410 e. The van der Waals surface area contributed by atoms with E-state index in [2.05, 4.69) is 23.1 Å². The zero-order valence-corrected chi connectivity index (χ0v) is 18.4. The number of rotatable bonds is 2. The summed E-state index contributed by atoms with van der Waals surface area (Å²) in [5, 5.41) is 0. The minimum atomic E-state index is -0.182. The molecule has 168 valence electrons. The van der Waals surface area contributed by atoms with Gasteiger partial charge in [-0.3, -0.25) is 4.79 Å². The molecular weight excluding hydrogens is 394 g/mol. The molecule has 3 fully saturated rings. The van der Waals surface area contributed by atoms with E-state index in [0.717, 1.165) is 70.5 Å². The maximum absolute atomic E-state index is 12.4. The number of anilines is 1. The highest BCUT2D eigenvalue weighted by atomic mass is 16.6. The number of benzene rings is 1. The summed E-state index contributed by atoms with van der Waals surface area (Å²) in [7, 11) is 0. The summed E-state index contributed by atoms with van der Waals surface area (Å²) in [5.41, 5.74) is 2.54. The van der Waals surface area contributed by atoms with Crippen LogP contribution in [0.3, 0.4) is 0 Å². The Morgan fingerprint density at radius 3 is 2.48 bits per heavy atom. The Balaban J connectivity index is 1.16. The molecule has 7 heteroatoms. The van der Waals surface area contributed by atoms with Crippen LogP contribution in [-0.4, -0.2) is 79.9 Å². The van der Waals surface area contributed by atoms with Crippen molar-refractivity contribution < 1.29 is 19.1 Å². The van der Waals surface area contributed by atoms with Crippen LogP contribution in [0.5, 0.6) is 0 Å². The molecule has 5 rings (SSSR count). The van der Waals surface area contributed by atoms with Crippen molar-refractivity contribution in [3.63, 3.8) is 0 Å². The fourth-order valence-electron chi connectivity index (χ4n) is 5.89. The third-order valence-corrected chi connectivity index (χ3v) is 7.76. The molecule has 4 aliphatic rings. The second kappa shape index (κ2) is 8.43. The first-order valence-corrected chi connectivity index (χ1v) is 11.7. The standard InChI is InChI=1S/C24H33N3O4/c1-18(28)27-17-24(21-4-2-3-5-22(21)27)9-13-25(14-10-24)19-6-11-26(12-7-19)23(29)31-20-8-15-30-16-20/h2-5,19-20H,6-17H2,1H3/t20-/m1/s1. The number of hydrogen-bond donors (Lipinski definition) is 0. The summed E-state index contributed by atoms with van der Waals surface area (Å²) in [4.78, 5) is 31.0. The molecule has 0 saturated carbocycles. The molecule has 1 atom stereocenters. The summed E-state index contributed by atoms with van der Waals surface area (Å²) < 4.78 is 10.9. The van der Waals surface area contributed by atoms with E-state index in [1.807, 2.05) is 15.9 Å². The average molecular weight is 428 g/mol. The molecule has 4 aliphatic heterocycles. The first kappa shape index (κ1) is 20.8. The highest BCUT2D eigenvalue weighted by Gasteiger charge is 2.46. The molecule has 4 heterocycles. The Morgan fingerprint density at radius 1 is 1.06 bits per heavy atom. The van der Waals surface area contributed by atoms with E-state index < -0.39 is 0 Å². The topological polar surface area (TPSA) is 62.3 Å². The number of likely N-dealkylation sites (tertiary alicyclic amines) is 2. The van der Waals surface area contributed by atoms with E-state index in [1.54, 1.807) is 6.92 Å². The number of carbonyl (C=O) groups is 2. The lowest BCUT2D eigenvalue weighted by atomic mass is 9.74. The van der Waals surface area contributed by atoms with E-state index in [1.165, 1.54) is 5.56 Å². The molecule has 1 aromatic rings. The van der Waals surface area contributed by atoms with Gasteiger partial charge in [-0.05, 0) is 50.4 Å². The van der Waals surface area contributed by atoms with Crippen LogP contribution >= 0.6 is 0 Å². The number of fused-ring (bicyclic) bond motifs is 2. The molecule has 0 N–H and O–H groups in total. The summed E-state index contributed by atoms with van der Waals surface area (Å²) in [6, 6.07) is 8.96. The monoisotopic (exact) mass is 427 g/mol. The van der Waals surface area contributed by atoms with Crippen LogP contribution < -0.4 is 4.90 Å². The first-order chi connectivity index (χ1) is 15.1. The van der Waals surface area contributed by atoms with Crippen LogP contribution in [-0.2, 0) is 19.7 Å². The van der Waals surface area contributed by atoms with Gasteiger partial charge in [0.05, 0.1) is 13.2 Å². The van der Waals surface area contributed by atoms with Gasteiger partial charge in [0.2, 0.25) is 5.91 Å². The Kier molecular flexibility index (Phi) is 5.65. The molecule has 3 saturated heterocycles. The van der Waals surface area contributed by atoms with E-state index >= 15 is 0 Å². The van der Waals surface area contributed by atoms with Crippen LogP contribution in [0.1, 0.15) is 44.6 Å². The van der Waals surface area contributed by atoms with Crippen LogP contribution in [0.25, 0.3) is 0 Å². The van der Waals surface area contributed by atoms with E-state index in [4.69, 9.17) is 9.47 Å². The number of para-hydroxylation sites is 1. The predicted molar refractivity (Wildman–Crippen MR) is 117 cm³/mol. The Morgan fingerprint density at radius 2 is 1.81 bits per heavy atom. The molecule has 0 unspecified atom stereocenters. The van der Waals surface area contributed by atoms with Gasteiger partial charge in [-0.15, -0.1) is 0 Å². The quantitative estimate of drug-likeness (QED) is 0.726. The summed E-state index contributed by atoms with van der Waals surface area (Å²) >= 11 is 0. The minimum Gasteiger partial charge on any atom is -0.444 e. The van der Waals surface area contributed by atoms with Crippen LogP contribution in [0.4, 0.5) is 10.5 Å². The molecular formula is C24H33N3O4. The van der Waals surface area contributed by atoms with Gasteiger partial charge in [0.25, 0.3) is 0 Å². The number of amides is 2. The van der Waals surface area contributed by atoms with Crippen LogP contribution in [0.15, 0.2) is 24.3 Å². The normalized spacial score (nSPS) is 26.3. The van der Waals surface area contributed by atoms with Crippen molar-refractivity contribution in [1.29, 1.82) is 0 Å². The van der Waals surface area contributed by atoms with Gasteiger partial charge < -0.3 is 24.2 Å². The third-order valence-electron chi connectivity index (χ3n) is 7.76. The molecule has 0 radical (unpaired) electrons. The average Bonchev–Trinajstić information content (AvgIpc) is 3.41. The van der Waals surface area contributed by atoms with Crippen LogP contribution in [0.2, 0.25) is 0 Å². The van der Waals surface area contributed by atoms with Gasteiger partial charge in [0.15, 0.2) is 0 Å². The lowest BCUT2D eigenvalue weighted by Gasteiger charge is -2.45. The summed E-state index contributed by atoms with van der Waals surface area (Å²) in [5.74, 6) is 0.134. The molecule has 0 aliphatic carbocycles. The Labute approximate surface area is 184 Å². The van der Waals surface area contributed by atoms with Gasteiger partial charge in [0.1, 0.15) is 6.10 Å². The fourth-order valence-corrected chi connectivity index (χ4v) is 5.89. The van der Waals surface area contributed by atoms with Crippen molar-refractivity contribution in [2.75, 3.05) is 50.8 Å². The SMILES string of the molecule is CC(=O)N1CC2(CCN(C3CCN(C(=O)O[C@@H]4CCOC4)CC3)CC2)c2ccccc21. The lowest BCUT2D eigenvalue weighted by molar-refractivity contribution is -0.116. The zero-order valence-electron chi connectivity index (χ0n) is 18.4. The van der Waals surface area contributed by atoms with Gasteiger partial charge in [0, 0.05) is 50.1 Å². The fraction of sp³-hybridized carbons (Fsp3) is 0.667. The predicted octanol–water partition coefficient (Wildman–Crippen LogP) is 2.78. The molecule has 2 amide bonds. The second-order valence-corrected chi connectivity index (χ2v) is 9.53. The van der Waals surface area contributed by atoms with E-state index in [9.17, 15) is 9.59 Å². The Bertz CT molecular complexity index is 822. The van der Waals surface area contributed by atoms with Crippen molar-refractivity contribution in [2.24, 2.45) is 0 Å². The number of hydrogen-bond acceptors (Lipinski definition) is 5. The molecule has 0 bridgehead atoms. The van der Waals surface area contributed by atoms with Gasteiger partial charge in [-0.2, -0.15) is 0 Å². The highest BCUT2D eigenvalue weighted by molar-refractivity contribution is 5.94. The molecule has 1 aromatic carbocycles. The molecule has 0 aromatic heterocycles. The van der Waals surface area contributed by atoms with E-state index in [0.29, 0.717) is 19.3 Å². The number of carbonyl (C=O) groups excluding carboxylic acids is 2. The van der Waals surface area contributed by atoms with E-state index in [-0.39, 0.29) is 23.5 Å². The third kappa shape index (κ3) is 3.94. The van der Waals surface area contributed by atoms with Crippen molar-refractivity contribution in [3.8, 4) is 0 Å². The highest BCUT2D eigenvalue weighted by Crippen LogP contribution is 2.47. The van der Waals surface area contributed by atoms with Crippen LogP contribution in [0, 0.1) is 0 Å². The molecule has 31 heavy (non-hydrogen) atoms. The maximum atomic E-state index is 12.4. The zero-order chi connectivity index (χ0) is 21.4. The van der Waals surface area contributed by atoms with Gasteiger partial charge >= 0.3 is 6.09 Å². The van der Waals surface area contributed by atoms with Crippen molar-refractivity contribution in [2.45, 2.75) is 56.6 Å². The van der Waals surface area contributed by atoms with Gasteiger partial charge in [-0.1, -0.05) is 18.2 Å². The largest absolute Gasteiger partial charge is 0.444 e. The van der Waals surface area contributed by atoms with Gasteiger partial charge in [-0.25, -0.2) is 4.79 Å². The maximum Gasteiger partial charge on any atom is 0.410 e. The van der Waals surface area contributed by atoms with Crippen molar-refractivity contribution in [3.05, 3.63) is 29.8 Å².